The van der Waals surface area contributed by atoms with Gasteiger partial charge >= 0.3 is 0 Å². The Balaban J connectivity index is 2.05. The smallest absolute Gasteiger partial charge is 0.270 e. The summed E-state index contributed by atoms with van der Waals surface area (Å²) >= 11 is 17.2. The molecule has 4 nitrogen and oxygen atoms in total. The van der Waals surface area contributed by atoms with Gasteiger partial charge in [-0.3, -0.25) is 19.8 Å². The first-order chi connectivity index (χ1) is 11.5. The molecule has 1 aliphatic rings. The highest BCUT2D eigenvalue weighted by molar-refractivity contribution is 7.80. The van der Waals surface area contributed by atoms with E-state index in [9.17, 15) is 9.59 Å². The SMILES string of the molecule is O=C1NC(=S)N(c2ccc(Cl)cc2Cl)C(=O)/C1=C/c1ccccc1. The molecule has 1 fully saturated rings. The topological polar surface area (TPSA) is 49.4 Å². The summed E-state index contributed by atoms with van der Waals surface area (Å²) in [5.74, 6) is -1.09. The van der Waals surface area contributed by atoms with Gasteiger partial charge in [0.15, 0.2) is 5.11 Å². The van der Waals surface area contributed by atoms with Crippen molar-refractivity contribution in [1.82, 2.24) is 5.32 Å². The molecule has 1 saturated heterocycles. The van der Waals surface area contributed by atoms with E-state index in [1.807, 2.05) is 18.2 Å². The quantitative estimate of drug-likeness (QED) is 0.492. The van der Waals surface area contributed by atoms with Crippen molar-refractivity contribution in [3.63, 3.8) is 0 Å². The van der Waals surface area contributed by atoms with Crippen LogP contribution in [0.1, 0.15) is 5.56 Å². The summed E-state index contributed by atoms with van der Waals surface area (Å²) in [7, 11) is 0. The summed E-state index contributed by atoms with van der Waals surface area (Å²) in [6.45, 7) is 0. The number of hydrogen-bond donors (Lipinski definition) is 1. The largest absolute Gasteiger partial charge is 0.298 e. The van der Waals surface area contributed by atoms with E-state index in [1.54, 1.807) is 24.3 Å². The number of thiocarbonyl (C=S) groups is 1. The van der Waals surface area contributed by atoms with Crippen molar-refractivity contribution in [2.75, 3.05) is 4.90 Å². The molecule has 2 aromatic rings. The zero-order valence-corrected chi connectivity index (χ0v) is 14.5. The molecule has 1 heterocycles. The van der Waals surface area contributed by atoms with E-state index in [-0.39, 0.29) is 15.7 Å². The summed E-state index contributed by atoms with van der Waals surface area (Å²) in [6.07, 6.45) is 1.51. The van der Waals surface area contributed by atoms with Crippen LogP contribution in [0.3, 0.4) is 0 Å². The number of carbonyl (C=O) groups excluding carboxylic acids is 2. The van der Waals surface area contributed by atoms with Crippen molar-refractivity contribution in [3.05, 3.63) is 69.7 Å². The highest BCUT2D eigenvalue weighted by Gasteiger charge is 2.35. The molecule has 0 unspecified atom stereocenters. The maximum Gasteiger partial charge on any atom is 0.270 e. The molecule has 2 aromatic carbocycles. The lowest BCUT2D eigenvalue weighted by Crippen LogP contribution is -2.54. The van der Waals surface area contributed by atoms with Crippen molar-refractivity contribution < 1.29 is 9.59 Å². The van der Waals surface area contributed by atoms with Crippen LogP contribution in [0.2, 0.25) is 10.0 Å². The first kappa shape index (κ1) is 16.6. The minimum absolute atomic E-state index is 0.0270. The number of amides is 2. The van der Waals surface area contributed by atoms with Crippen LogP contribution in [0, 0.1) is 0 Å². The third-order valence-corrected chi connectivity index (χ3v) is 4.19. The molecule has 24 heavy (non-hydrogen) atoms. The third-order valence-electron chi connectivity index (χ3n) is 3.36. The van der Waals surface area contributed by atoms with Gasteiger partial charge in [0, 0.05) is 5.02 Å². The lowest BCUT2D eigenvalue weighted by molar-refractivity contribution is -0.122. The second-order valence-corrected chi connectivity index (χ2v) is 6.19. The third kappa shape index (κ3) is 3.19. The molecule has 0 aliphatic carbocycles. The van der Waals surface area contributed by atoms with Crippen LogP contribution in [0.4, 0.5) is 5.69 Å². The summed E-state index contributed by atoms with van der Waals surface area (Å²) in [4.78, 5) is 26.2. The first-order valence-corrected chi connectivity index (χ1v) is 8.05. The van der Waals surface area contributed by atoms with Gasteiger partial charge in [0.1, 0.15) is 5.57 Å². The molecule has 0 atom stereocenters. The Hall–Kier alpha value is -2.21. The molecule has 120 valence electrons. The molecule has 2 amide bonds. The van der Waals surface area contributed by atoms with Crippen molar-refractivity contribution in [2.24, 2.45) is 0 Å². The van der Waals surface area contributed by atoms with Crippen molar-refractivity contribution in [1.29, 1.82) is 0 Å². The first-order valence-electron chi connectivity index (χ1n) is 6.89. The highest BCUT2D eigenvalue weighted by Crippen LogP contribution is 2.31. The lowest BCUT2D eigenvalue weighted by Gasteiger charge is -2.29. The zero-order chi connectivity index (χ0) is 17.3. The fourth-order valence-corrected chi connectivity index (χ4v) is 3.02. The Bertz CT molecular complexity index is 881. The predicted molar refractivity (Wildman–Crippen MR) is 99.1 cm³/mol. The second-order valence-electron chi connectivity index (χ2n) is 4.96. The fourth-order valence-electron chi connectivity index (χ4n) is 2.25. The molecule has 0 bridgehead atoms. The van der Waals surface area contributed by atoms with Gasteiger partial charge in [0.05, 0.1) is 10.7 Å². The van der Waals surface area contributed by atoms with E-state index in [1.165, 1.54) is 17.0 Å². The number of hydrogen-bond acceptors (Lipinski definition) is 3. The van der Waals surface area contributed by atoms with Crippen LogP contribution in [0.5, 0.6) is 0 Å². The Morgan fingerprint density at radius 2 is 1.75 bits per heavy atom. The van der Waals surface area contributed by atoms with E-state index in [2.05, 4.69) is 5.32 Å². The van der Waals surface area contributed by atoms with E-state index >= 15 is 0 Å². The maximum absolute atomic E-state index is 12.8. The Morgan fingerprint density at radius 3 is 2.42 bits per heavy atom. The number of rotatable bonds is 2. The minimum atomic E-state index is -0.546. The normalized spacial score (nSPS) is 16.5. The molecule has 1 aliphatic heterocycles. The van der Waals surface area contributed by atoms with Gasteiger partial charge in [0.2, 0.25) is 0 Å². The van der Waals surface area contributed by atoms with E-state index < -0.39 is 11.8 Å². The molecule has 0 spiro atoms. The van der Waals surface area contributed by atoms with E-state index in [0.29, 0.717) is 10.7 Å². The summed E-state index contributed by atoms with van der Waals surface area (Å²) in [5.41, 5.74) is 1.06. The monoisotopic (exact) mass is 376 g/mol. The molecule has 3 rings (SSSR count). The van der Waals surface area contributed by atoms with Crippen LogP contribution in [0.25, 0.3) is 6.08 Å². The maximum atomic E-state index is 12.8. The predicted octanol–water partition coefficient (Wildman–Crippen LogP) is 3.82. The molecule has 0 radical (unpaired) electrons. The number of nitrogens with zero attached hydrogens (tertiary/aromatic N) is 1. The van der Waals surface area contributed by atoms with Gasteiger partial charge in [-0.2, -0.15) is 0 Å². The number of halogens is 2. The van der Waals surface area contributed by atoms with Gasteiger partial charge in [-0.25, -0.2) is 0 Å². The Morgan fingerprint density at radius 1 is 1.04 bits per heavy atom. The van der Waals surface area contributed by atoms with E-state index in [4.69, 9.17) is 35.4 Å². The Labute approximate surface area is 153 Å². The second kappa shape index (κ2) is 6.73. The van der Waals surface area contributed by atoms with Crippen LogP contribution in [-0.2, 0) is 9.59 Å². The average molecular weight is 377 g/mol. The lowest BCUT2D eigenvalue weighted by atomic mass is 10.1. The summed E-state index contributed by atoms with van der Waals surface area (Å²) < 4.78 is 0. The summed E-state index contributed by atoms with van der Waals surface area (Å²) in [5, 5.41) is 3.17. The van der Waals surface area contributed by atoms with Gasteiger partial charge in [-0.15, -0.1) is 0 Å². The average Bonchev–Trinajstić information content (AvgIpc) is 2.54. The Kier molecular flexibility index (Phi) is 4.66. The van der Waals surface area contributed by atoms with Crippen molar-refractivity contribution in [2.45, 2.75) is 0 Å². The highest BCUT2D eigenvalue weighted by atomic mass is 35.5. The fraction of sp³-hybridized carbons (Fsp3) is 0. The van der Waals surface area contributed by atoms with Crippen LogP contribution in [0.15, 0.2) is 54.1 Å². The van der Waals surface area contributed by atoms with Crippen LogP contribution in [-0.4, -0.2) is 16.9 Å². The number of anilines is 1. The van der Waals surface area contributed by atoms with Gasteiger partial charge in [-0.05, 0) is 42.1 Å². The number of carbonyl (C=O) groups is 2. The van der Waals surface area contributed by atoms with Gasteiger partial charge in [0.25, 0.3) is 11.8 Å². The molecular formula is C17H10Cl2N2O2S. The number of benzene rings is 2. The molecule has 0 aromatic heterocycles. The summed E-state index contributed by atoms with van der Waals surface area (Å²) in [6, 6.07) is 13.7. The minimum Gasteiger partial charge on any atom is -0.298 e. The molecule has 1 N–H and O–H groups in total. The number of nitrogens with one attached hydrogen (secondary N) is 1. The molecular weight excluding hydrogens is 367 g/mol. The van der Waals surface area contributed by atoms with Crippen LogP contribution >= 0.6 is 35.4 Å². The van der Waals surface area contributed by atoms with Crippen molar-refractivity contribution in [3.8, 4) is 0 Å². The zero-order valence-electron chi connectivity index (χ0n) is 12.1. The van der Waals surface area contributed by atoms with Gasteiger partial charge < -0.3 is 0 Å². The standard InChI is InChI=1S/C17H10Cl2N2O2S/c18-11-6-7-14(13(19)9-11)21-16(23)12(15(22)20-17(21)24)8-10-4-2-1-3-5-10/h1-9H,(H,20,22,24)/b12-8+. The van der Waals surface area contributed by atoms with Crippen molar-refractivity contribution >= 4 is 64.1 Å². The van der Waals surface area contributed by atoms with Gasteiger partial charge in [-0.1, -0.05) is 53.5 Å². The molecule has 7 heteroatoms. The van der Waals surface area contributed by atoms with Crippen LogP contribution < -0.4 is 10.2 Å². The van der Waals surface area contributed by atoms with E-state index in [0.717, 1.165) is 5.56 Å². The molecule has 0 saturated carbocycles.